The fourth-order valence-electron chi connectivity index (χ4n) is 2.21. The van der Waals surface area contributed by atoms with Gasteiger partial charge in [0.05, 0.1) is 17.5 Å². The summed E-state index contributed by atoms with van der Waals surface area (Å²) in [6.45, 7) is 11.0. The van der Waals surface area contributed by atoms with Crippen molar-refractivity contribution in [3.05, 3.63) is 17.5 Å². The number of aromatic amines is 1. The minimum absolute atomic E-state index is 0.125. The number of pyridine rings is 1. The fourth-order valence-corrected chi connectivity index (χ4v) is 2.40. The van der Waals surface area contributed by atoms with E-state index in [1.165, 1.54) is 12.5 Å². The molecule has 2 rings (SSSR count). The number of ether oxygens (including phenoxy) is 1. The van der Waals surface area contributed by atoms with Gasteiger partial charge >= 0.3 is 6.09 Å². The molecule has 0 radical (unpaired) electrons. The number of halogens is 1. The Labute approximate surface area is 151 Å². The lowest BCUT2D eigenvalue weighted by atomic mass is 9.91. The van der Waals surface area contributed by atoms with Crippen molar-refractivity contribution < 1.29 is 14.3 Å². The van der Waals surface area contributed by atoms with Crippen LogP contribution in [0.1, 0.15) is 48.0 Å². The Kier molecular flexibility index (Phi) is 5.09. The van der Waals surface area contributed by atoms with Gasteiger partial charge in [-0.05, 0) is 26.2 Å². The molecule has 0 bridgehead atoms. The minimum atomic E-state index is -0.785. The molecule has 0 saturated heterocycles. The first-order valence-corrected chi connectivity index (χ1v) is 8.30. The SMILES string of the molecule is CC(C)(C)CC(=O)N(C(=O)OC(C)(C)C)c1ncc(Cl)c2nc[nH]c12. The molecular weight excluding hydrogens is 344 g/mol. The maximum Gasteiger partial charge on any atom is 0.423 e. The van der Waals surface area contributed by atoms with E-state index >= 15 is 0 Å². The van der Waals surface area contributed by atoms with Crippen molar-refractivity contribution in [2.75, 3.05) is 4.90 Å². The number of anilines is 1. The van der Waals surface area contributed by atoms with Crippen molar-refractivity contribution in [3.8, 4) is 0 Å². The van der Waals surface area contributed by atoms with Crippen LogP contribution in [0.5, 0.6) is 0 Å². The molecule has 0 fully saturated rings. The number of carbonyl (C=O) groups excluding carboxylic acids is 2. The number of nitrogens with one attached hydrogen (secondary N) is 1. The molecule has 2 aromatic heterocycles. The molecule has 0 unspecified atom stereocenters. The van der Waals surface area contributed by atoms with Crippen LogP contribution in [0.15, 0.2) is 12.5 Å². The van der Waals surface area contributed by atoms with Crippen LogP contribution >= 0.6 is 11.6 Å². The van der Waals surface area contributed by atoms with Crippen molar-refractivity contribution in [1.29, 1.82) is 0 Å². The molecule has 0 aliphatic carbocycles. The van der Waals surface area contributed by atoms with Gasteiger partial charge in [-0.1, -0.05) is 32.4 Å². The molecule has 0 spiro atoms. The molecule has 0 atom stereocenters. The molecule has 25 heavy (non-hydrogen) atoms. The van der Waals surface area contributed by atoms with Crippen LogP contribution in [0.3, 0.4) is 0 Å². The van der Waals surface area contributed by atoms with Gasteiger partial charge in [-0.15, -0.1) is 0 Å². The minimum Gasteiger partial charge on any atom is -0.443 e. The van der Waals surface area contributed by atoms with Gasteiger partial charge in [-0.25, -0.2) is 14.8 Å². The number of H-pyrrole nitrogens is 1. The second-order valence-corrected chi connectivity index (χ2v) is 8.41. The Morgan fingerprint density at radius 3 is 2.40 bits per heavy atom. The molecular formula is C17H23ClN4O3. The van der Waals surface area contributed by atoms with Crippen molar-refractivity contribution in [1.82, 2.24) is 15.0 Å². The summed E-state index contributed by atoms with van der Waals surface area (Å²) in [6.07, 6.45) is 2.16. The van der Waals surface area contributed by atoms with Crippen molar-refractivity contribution >= 4 is 40.5 Å². The molecule has 2 heterocycles. The van der Waals surface area contributed by atoms with E-state index in [2.05, 4.69) is 15.0 Å². The largest absolute Gasteiger partial charge is 0.443 e. The van der Waals surface area contributed by atoms with E-state index in [1.807, 2.05) is 20.8 Å². The Balaban J connectivity index is 2.53. The zero-order valence-electron chi connectivity index (χ0n) is 15.3. The van der Waals surface area contributed by atoms with Gasteiger partial charge in [-0.2, -0.15) is 4.90 Å². The van der Waals surface area contributed by atoms with Crippen molar-refractivity contribution in [2.45, 2.75) is 53.6 Å². The van der Waals surface area contributed by atoms with Gasteiger partial charge in [0.25, 0.3) is 0 Å². The monoisotopic (exact) mass is 366 g/mol. The van der Waals surface area contributed by atoms with Gasteiger partial charge in [0.1, 0.15) is 16.6 Å². The number of aromatic nitrogens is 3. The summed E-state index contributed by atoms with van der Waals surface area (Å²) in [4.78, 5) is 37.7. The summed E-state index contributed by atoms with van der Waals surface area (Å²) in [5, 5.41) is 0.326. The first-order chi connectivity index (χ1) is 11.4. The lowest BCUT2D eigenvalue weighted by Gasteiger charge is -2.27. The third-order valence-electron chi connectivity index (χ3n) is 3.11. The zero-order chi connectivity index (χ0) is 19.0. The Morgan fingerprint density at radius 2 is 1.84 bits per heavy atom. The summed E-state index contributed by atoms with van der Waals surface area (Å²) in [5.41, 5.74) is -0.224. The van der Waals surface area contributed by atoms with Crippen LogP contribution in [0.4, 0.5) is 10.6 Å². The molecule has 1 N–H and O–H groups in total. The Hall–Kier alpha value is -2.15. The van der Waals surface area contributed by atoms with Crippen LogP contribution in [-0.2, 0) is 9.53 Å². The average Bonchev–Trinajstić information content (AvgIpc) is 2.87. The van der Waals surface area contributed by atoms with E-state index in [0.717, 1.165) is 4.90 Å². The predicted octanol–water partition coefficient (Wildman–Crippen LogP) is 4.32. The Morgan fingerprint density at radius 1 is 1.20 bits per heavy atom. The second-order valence-electron chi connectivity index (χ2n) is 8.00. The number of rotatable bonds is 2. The maximum atomic E-state index is 12.9. The molecule has 2 aromatic rings. The summed E-state index contributed by atoms with van der Waals surface area (Å²) >= 11 is 6.08. The smallest absolute Gasteiger partial charge is 0.423 e. The van der Waals surface area contributed by atoms with Crippen molar-refractivity contribution in [2.24, 2.45) is 5.41 Å². The number of hydrogen-bond acceptors (Lipinski definition) is 5. The molecule has 136 valence electrons. The van der Waals surface area contributed by atoms with Gasteiger partial charge < -0.3 is 9.72 Å². The predicted molar refractivity (Wildman–Crippen MR) is 96.7 cm³/mol. The van der Waals surface area contributed by atoms with E-state index in [1.54, 1.807) is 20.8 Å². The maximum absolute atomic E-state index is 12.9. The topological polar surface area (TPSA) is 88.2 Å². The number of hydrogen-bond donors (Lipinski definition) is 1. The Bertz CT molecular complexity index is 774. The van der Waals surface area contributed by atoms with E-state index in [9.17, 15) is 9.59 Å². The number of carbonyl (C=O) groups is 2. The normalized spacial score (nSPS) is 12.3. The van der Waals surface area contributed by atoms with E-state index in [0.29, 0.717) is 16.1 Å². The molecule has 7 nitrogen and oxygen atoms in total. The summed E-state index contributed by atoms with van der Waals surface area (Å²) in [6, 6.07) is 0. The summed E-state index contributed by atoms with van der Waals surface area (Å²) < 4.78 is 5.40. The highest BCUT2D eigenvalue weighted by Gasteiger charge is 2.33. The highest BCUT2D eigenvalue weighted by molar-refractivity contribution is 6.35. The summed E-state index contributed by atoms with van der Waals surface area (Å²) in [7, 11) is 0. The van der Waals surface area contributed by atoms with Crippen LogP contribution < -0.4 is 4.90 Å². The average molecular weight is 367 g/mol. The van der Waals surface area contributed by atoms with Gasteiger partial charge in [0, 0.05) is 6.42 Å². The molecule has 2 amide bonds. The first kappa shape index (κ1) is 19.2. The number of imide groups is 1. The van der Waals surface area contributed by atoms with Gasteiger partial charge in [0.15, 0.2) is 5.82 Å². The lowest BCUT2D eigenvalue weighted by Crippen LogP contribution is -2.42. The third-order valence-corrected chi connectivity index (χ3v) is 3.38. The fraction of sp³-hybridized carbons (Fsp3) is 0.529. The van der Waals surface area contributed by atoms with E-state index < -0.39 is 17.6 Å². The highest BCUT2D eigenvalue weighted by atomic mass is 35.5. The molecule has 8 heteroatoms. The lowest BCUT2D eigenvalue weighted by molar-refractivity contribution is -0.120. The highest BCUT2D eigenvalue weighted by Crippen LogP contribution is 2.30. The molecule has 0 aliphatic heterocycles. The van der Waals surface area contributed by atoms with E-state index in [-0.39, 0.29) is 17.7 Å². The van der Waals surface area contributed by atoms with Crippen LogP contribution in [0.25, 0.3) is 11.0 Å². The van der Waals surface area contributed by atoms with Gasteiger partial charge in [-0.3, -0.25) is 4.79 Å². The van der Waals surface area contributed by atoms with Crippen LogP contribution in [0, 0.1) is 5.41 Å². The van der Waals surface area contributed by atoms with Crippen LogP contribution in [-0.4, -0.2) is 32.6 Å². The number of imidazole rings is 1. The number of fused-ring (bicyclic) bond motifs is 1. The van der Waals surface area contributed by atoms with Crippen molar-refractivity contribution in [3.63, 3.8) is 0 Å². The third kappa shape index (κ3) is 4.69. The van der Waals surface area contributed by atoms with E-state index in [4.69, 9.17) is 16.3 Å². The second kappa shape index (κ2) is 6.63. The number of nitrogens with zero attached hydrogens (tertiary/aromatic N) is 3. The zero-order valence-corrected chi connectivity index (χ0v) is 16.1. The first-order valence-electron chi connectivity index (χ1n) is 7.92. The summed E-state index contributed by atoms with van der Waals surface area (Å²) in [5.74, 6) is -0.284. The molecule has 0 saturated carbocycles. The quantitative estimate of drug-likeness (QED) is 0.855. The standard InChI is InChI=1S/C17H23ClN4O3/c1-16(2,3)7-11(23)22(15(24)25-17(4,5)6)14-13-12(20-9-21-13)10(18)8-19-14/h8-9H,7H2,1-6H3,(H,20,21). The molecule has 0 aromatic carbocycles. The van der Waals surface area contributed by atoms with Crippen LogP contribution in [0.2, 0.25) is 5.02 Å². The van der Waals surface area contributed by atoms with Gasteiger partial charge in [0.2, 0.25) is 5.91 Å². The number of amides is 2. The molecule has 0 aliphatic rings.